The van der Waals surface area contributed by atoms with Crippen LogP contribution < -0.4 is 15.4 Å². The van der Waals surface area contributed by atoms with Crippen molar-refractivity contribution in [1.29, 1.82) is 0 Å². The highest BCUT2D eigenvalue weighted by Crippen LogP contribution is 2.17. The lowest BCUT2D eigenvalue weighted by molar-refractivity contribution is 0.0945. The maximum absolute atomic E-state index is 12.3. The third-order valence-electron chi connectivity index (χ3n) is 3.97. The molecule has 7 heteroatoms. The van der Waals surface area contributed by atoms with Gasteiger partial charge in [-0.1, -0.05) is 24.3 Å². The van der Waals surface area contributed by atoms with E-state index >= 15 is 0 Å². The maximum Gasteiger partial charge on any atom is 0.270 e. The number of para-hydroxylation sites is 1. The zero-order valence-electron chi connectivity index (χ0n) is 15.1. The Balaban J connectivity index is 1.54. The quantitative estimate of drug-likeness (QED) is 0.639. The van der Waals surface area contributed by atoms with Gasteiger partial charge in [-0.25, -0.2) is 9.97 Å². The number of nitrogens with one attached hydrogen (secondary N) is 2. The second-order valence-electron chi connectivity index (χ2n) is 5.82. The smallest absolute Gasteiger partial charge is 0.270 e. The van der Waals surface area contributed by atoms with Crippen molar-refractivity contribution >= 4 is 11.7 Å². The van der Waals surface area contributed by atoms with Crippen LogP contribution in [-0.4, -0.2) is 34.5 Å². The molecule has 0 spiro atoms. The lowest BCUT2D eigenvalue weighted by atomic mass is 10.1. The lowest BCUT2D eigenvalue weighted by Crippen LogP contribution is -2.24. The number of aromatic nitrogens is 3. The number of rotatable bonds is 8. The van der Waals surface area contributed by atoms with E-state index in [1.807, 2.05) is 36.4 Å². The highest BCUT2D eigenvalue weighted by molar-refractivity contribution is 5.92. The third kappa shape index (κ3) is 5.24. The standard InChI is InChI=1S/C20H21N5O2/c1-27-18-7-3-2-6-16(18)8-10-22-19-11-17(24-14-25-19)20(26)23-13-15-5-4-9-21-12-15/h2-7,9,11-12,14H,8,10,13H2,1H3,(H,23,26)(H,22,24,25). The fraction of sp³-hybridized carbons (Fsp3) is 0.200. The molecule has 27 heavy (non-hydrogen) atoms. The first-order valence-electron chi connectivity index (χ1n) is 8.61. The van der Waals surface area contributed by atoms with Crippen molar-refractivity contribution in [1.82, 2.24) is 20.3 Å². The molecule has 2 heterocycles. The largest absolute Gasteiger partial charge is 0.496 e. The van der Waals surface area contributed by atoms with Gasteiger partial charge in [-0.05, 0) is 29.7 Å². The number of amides is 1. The van der Waals surface area contributed by atoms with Gasteiger partial charge in [0.1, 0.15) is 23.6 Å². The van der Waals surface area contributed by atoms with Crippen LogP contribution in [0.3, 0.4) is 0 Å². The Labute approximate surface area is 157 Å². The minimum Gasteiger partial charge on any atom is -0.496 e. The fourth-order valence-electron chi connectivity index (χ4n) is 2.59. The van der Waals surface area contributed by atoms with Crippen molar-refractivity contribution in [2.75, 3.05) is 19.0 Å². The summed E-state index contributed by atoms with van der Waals surface area (Å²) < 4.78 is 5.35. The highest BCUT2D eigenvalue weighted by Gasteiger charge is 2.09. The molecular weight excluding hydrogens is 342 g/mol. The van der Waals surface area contributed by atoms with Crippen molar-refractivity contribution in [2.24, 2.45) is 0 Å². The first-order chi connectivity index (χ1) is 13.3. The van der Waals surface area contributed by atoms with E-state index in [-0.39, 0.29) is 5.91 Å². The zero-order chi connectivity index (χ0) is 18.9. The Kier molecular flexibility index (Phi) is 6.30. The van der Waals surface area contributed by atoms with E-state index in [0.29, 0.717) is 24.6 Å². The molecule has 0 saturated carbocycles. The van der Waals surface area contributed by atoms with Crippen LogP contribution in [0.5, 0.6) is 5.75 Å². The number of carbonyl (C=O) groups is 1. The first kappa shape index (κ1) is 18.3. The number of anilines is 1. The number of nitrogens with zero attached hydrogens (tertiary/aromatic N) is 3. The van der Waals surface area contributed by atoms with Gasteiger partial charge in [0.15, 0.2) is 0 Å². The molecule has 3 rings (SSSR count). The molecule has 3 aromatic rings. The van der Waals surface area contributed by atoms with E-state index in [2.05, 4.69) is 25.6 Å². The van der Waals surface area contributed by atoms with E-state index in [1.165, 1.54) is 6.33 Å². The normalized spacial score (nSPS) is 10.3. The summed E-state index contributed by atoms with van der Waals surface area (Å²) in [6, 6.07) is 13.3. The Morgan fingerprint density at radius 2 is 2.04 bits per heavy atom. The topological polar surface area (TPSA) is 89.0 Å². The predicted octanol–water partition coefficient (Wildman–Crippen LogP) is 2.46. The van der Waals surface area contributed by atoms with E-state index in [1.54, 1.807) is 25.6 Å². The molecule has 0 aliphatic heterocycles. The maximum atomic E-state index is 12.3. The van der Waals surface area contributed by atoms with Gasteiger partial charge in [-0.2, -0.15) is 0 Å². The SMILES string of the molecule is COc1ccccc1CCNc1cc(C(=O)NCc2cccnc2)ncn1. The molecule has 0 saturated heterocycles. The van der Waals surface area contributed by atoms with Gasteiger partial charge in [-0.3, -0.25) is 9.78 Å². The number of hydrogen-bond donors (Lipinski definition) is 2. The molecular formula is C20H21N5O2. The first-order valence-corrected chi connectivity index (χ1v) is 8.61. The molecule has 1 aromatic carbocycles. The van der Waals surface area contributed by atoms with Crippen LogP contribution in [0, 0.1) is 0 Å². The Bertz CT molecular complexity index is 886. The molecule has 1 amide bonds. The monoisotopic (exact) mass is 363 g/mol. The molecule has 0 radical (unpaired) electrons. The van der Waals surface area contributed by atoms with Crippen molar-refractivity contribution in [2.45, 2.75) is 13.0 Å². The lowest BCUT2D eigenvalue weighted by Gasteiger charge is -2.10. The van der Waals surface area contributed by atoms with Crippen LogP contribution in [0.1, 0.15) is 21.6 Å². The van der Waals surface area contributed by atoms with Crippen molar-refractivity contribution < 1.29 is 9.53 Å². The Morgan fingerprint density at radius 1 is 1.15 bits per heavy atom. The average Bonchev–Trinajstić information content (AvgIpc) is 2.73. The second-order valence-corrected chi connectivity index (χ2v) is 5.82. The van der Waals surface area contributed by atoms with Crippen LogP contribution in [-0.2, 0) is 13.0 Å². The summed E-state index contributed by atoms with van der Waals surface area (Å²) in [5.41, 5.74) is 2.35. The summed E-state index contributed by atoms with van der Waals surface area (Å²) in [4.78, 5) is 24.5. The molecule has 138 valence electrons. The van der Waals surface area contributed by atoms with Gasteiger partial charge >= 0.3 is 0 Å². The molecule has 0 atom stereocenters. The molecule has 2 aromatic heterocycles. The Hall–Kier alpha value is -3.48. The van der Waals surface area contributed by atoms with E-state index in [0.717, 1.165) is 23.3 Å². The van der Waals surface area contributed by atoms with Crippen LogP contribution in [0.2, 0.25) is 0 Å². The summed E-state index contributed by atoms with van der Waals surface area (Å²) in [5, 5.41) is 6.04. The molecule has 7 nitrogen and oxygen atoms in total. The summed E-state index contributed by atoms with van der Waals surface area (Å²) in [7, 11) is 1.66. The van der Waals surface area contributed by atoms with Gasteiger partial charge in [0.2, 0.25) is 0 Å². The fourth-order valence-corrected chi connectivity index (χ4v) is 2.59. The third-order valence-corrected chi connectivity index (χ3v) is 3.97. The van der Waals surface area contributed by atoms with Crippen LogP contribution in [0.25, 0.3) is 0 Å². The minimum absolute atomic E-state index is 0.256. The van der Waals surface area contributed by atoms with Crippen molar-refractivity contribution in [3.63, 3.8) is 0 Å². The van der Waals surface area contributed by atoms with Gasteiger partial charge < -0.3 is 15.4 Å². The van der Waals surface area contributed by atoms with Crippen LogP contribution in [0.15, 0.2) is 61.2 Å². The molecule has 0 aliphatic carbocycles. The highest BCUT2D eigenvalue weighted by atomic mass is 16.5. The minimum atomic E-state index is -0.256. The second kappa shape index (κ2) is 9.28. The number of carbonyl (C=O) groups excluding carboxylic acids is 1. The Morgan fingerprint density at radius 3 is 2.85 bits per heavy atom. The molecule has 0 bridgehead atoms. The van der Waals surface area contributed by atoms with Gasteiger partial charge in [0.25, 0.3) is 5.91 Å². The number of ether oxygens (including phenoxy) is 1. The van der Waals surface area contributed by atoms with Crippen LogP contribution in [0.4, 0.5) is 5.82 Å². The summed E-state index contributed by atoms with van der Waals surface area (Å²) in [5.74, 6) is 1.21. The summed E-state index contributed by atoms with van der Waals surface area (Å²) >= 11 is 0. The van der Waals surface area contributed by atoms with E-state index in [4.69, 9.17) is 4.74 Å². The van der Waals surface area contributed by atoms with Gasteiger partial charge in [0.05, 0.1) is 7.11 Å². The van der Waals surface area contributed by atoms with Crippen LogP contribution >= 0.6 is 0 Å². The number of pyridine rings is 1. The van der Waals surface area contributed by atoms with Crippen molar-refractivity contribution in [3.05, 3.63) is 78.0 Å². The van der Waals surface area contributed by atoms with Gasteiger partial charge in [-0.15, -0.1) is 0 Å². The van der Waals surface area contributed by atoms with E-state index < -0.39 is 0 Å². The zero-order valence-corrected chi connectivity index (χ0v) is 15.1. The van der Waals surface area contributed by atoms with Crippen molar-refractivity contribution in [3.8, 4) is 5.75 Å². The molecule has 0 aliphatic rings. The summed E-state index contributed by atoms with van der Waals surface area (Å²) in [6.45, 7) is 1.06. The average molecular weight is 363 g/mol. The van der Waals surface area contributed by atoms with E-state index in [9.17, 15) is 4.79 Å². The molecule has 0 unspecified atom stereocenters. The summed E-state index contributed by atoms with van der Waals surface area (Å²) in [6.07, 6.45) is 5.56. The molecule has 0 fully saturated rings. The number of methoxy groups -OCH3 is 1. The number of hydrogen-bond acceptors (Lipinski definition) is 6. The molecule has 2 N–H and O–H groups in total. The van der Waals surface area contributed by atoms with Gasteiger partial charge in [0, 0.05) is 31.5 Å². The predicted molar refractivity (Wildman–Crippen MR) is 103 cm³/mol. The number of benzene rings is 1.